The Bertz CT molecular complexity index is 481. The topological polar surface area (TPSA) is 57.0 Å². The summed E-state index contributed by atoms with van der Waals surface area (Å²) < 4.78 is 7.31. The maximum absolute atomic E-state index is 6.04. The summed E-state index contributed by atoms with van der Waals surface area (Å²) >= 11 is 0. The minimum atomic E-state index is 0.465. The van der Waals surface area contributed by atoms with Crippen LogP contribution in [0.2, 0.25) is 0 Å². The Labute approximate surface area is 100 Å². The highest BCUT2D eigenvalue weighted by molar-refractivity contribution is 5.56. The Hall–Kier alpha value is -1.71. The minimum Gasteiger partial charge on any atom is -0.463 e. The number of nitrogens with zero attached hydrogens (tertiary/aromatic N) is 2. The standard InChI is InChI=1S/C13H17N3O/c14-13-9-11(12-7-4-8-17-12)15-16(13)10-5-2-1-3-6-10/h4,7-10H,1-3,5-6,14H2. The molecule has 17 heavy (non-hydrogen) atoms. The van der Waals surface area contributed by atoms with Crippen LogP contribution >= 0.6 is 0 Å². The molecule has 2 N–H and O–H groups in total. The number of nitrogen functional groups attached to an aromatic ring is 1. The number of rotatable bonds is 2. The molecule has 0 aliphatic heterocycles. The number of hydrogen-bond acceptors (Lipinski definition) is 3. The van der Waals surface area contributed by atoms with Crippen LogP contribution in [0.1, 0.15) is 38.1 Å². The molecule has 1 aliphatic carbocycles. The van der Waals surface area contributed by atoms with Crippen LogP contribution in [0.3, 0.4) is 0 Å². The van der Waals surface area contributed by atoms with Crippen LogP contribution in [0.4, 0.5) is 5.82 Å². The van der Waals surface area contributed by atoms with Gasteiger partial charge in [0.15, 0.2) is 5.76 Å². The molecule has 0 aromatic carbocycles. The SMILES string of the molecule is Nc1cc(-c2ccco2)nn1C1CCCCC1. The molecule has 2 aromatic rings. The summed E-state index contributed by atoms with van der Waals surface area (Å²) in [6, 6.07) is 6.14. The lowest BCUT2D eigenvalue weighted by Gasteiger charge is -2.22. The lowest BCUT2D eigenvalue weighted by molar-refractivity contribution is 0.333. The molecule has 4 nitrogen and oxygen atoms in total. The molecule has 0 radical (unpaired) electrons. The molecule has 1 saturated carbocycles. The lowest BCUT2D eigenvalue weighted by Crippen LogP contribution is -2.16. The molecule has 0 bridgehead atoms. The van der Waals surface area contributed by atoms with Gasteiger partial charge >= 0.3 is 0 Å². The smallest absolute Gasteiger partial charge is 0.154 e. The van der Waals surface area contributed by atoms with Gasteiger partial charge in [0.1, 0.15) is 11.5 Å². The molecule has 2 heterocycles. The summed E-state index contributed by atoms with van der Waals surface area (Å²) in [5.74, 6) is 1.52. The highest BCUT2D eigenvalue weighted by atomic mass is 16.3. The zero-order chi connectivity index (χ0) is 11.7. The Morgan fingerprint density at radius 3 is 2.82 bits per heavy atom. The van der Waals surface area contributed by atoms with Crippen molar-refractivity contribution < 1.29 is 4.42 Å². The van der Waals surface area contributed by atoms with E-state index in [0.29, 0.717) is 6.04 Å². The van der Waals surface area contributed by atoms with E-state index in [9.17, 15) is 0 Å². The van der Waals surface area contributed by atoms with Gasteiger partial charge in [0, 0.05) is 6.07 Å². The van der Waals surface area contributed by atoms with Crippen LogP contribution in [-0.2, 0) is 0 Å². The van der Waals surface area contributed by atoms with Gasteiger partial charge in [-0.15, -0.1) is 0 Å². The number of nitrogens with two attached hydrogens (primary N) is 1. The van der Waals surface area contributed by atoms with Crippen LogP contribution in [0, 0.1) is 0 Å². The number of aromatic nitrogens is 2. The molecule has 0 atom stereocenters. The maximum Gasteiger partial charge on any atom is 0.154 e. The highest BCUT2D eigenvalue weighted by Crippen LogP contribution is 2.31. The van der Waals surface area contributed by atoms with Crippen LogP contribution < -0.4 is 5.73 Å². The molecular formula is C13H17N3O. The van der Waals surface area contributed by atoms with E-state index in [0.717, 1.165) is 17.3 Å². The van der Waals surface area contributed by atoms with E-state index < -0.39 is 0 Å². The summed E-state index contributed by atoms with van der Waals surface area (Å²) in [5.41, 5.74) is 6.87. The lowest BCUT2D eigenvalue weighted by atomic mass is 9.96. The molecule has 0 unspecified atom stereocenters. The molecule has 2 aromatic heterocycles. The molecule has 1 fully saturated rings. The fraction of sp³-hybridized carbons (Fsp3) is 0.462. The first kappa shape index (κ1) is 10.4. The van der Waals surface area contributed by atoms with E-state index in [4.69, 9.17) is 10.2 Å². The third-order valence-corrected chi connectivity index (χ3v) is 3.46. The van der Waals surface area contributed by atoms with Crippen LogP contribution in [0.15, 0.2) is 28.9 Å². The molecular weight excluding hydrogens is 214 g/mol. The fourth-order valence-electron chi connectivity index (χ4n) is 2.57. The normalized spacial score (nSPS) is 17.4. The van der Waals surface area contributed by atoms with E-state index in [2.05, 4.69) is 5.10 Å². The third kappa shape index (κ3) is 1.95. The van der Waals surface area contributed by atoms with Crippen molar-refractivity contribution >= 4 is 5.82 Å². The first-order valence-corrected chi connectivity index (χ1v) is 6.23. The Kier molecular flexibility index (Phi) is 2.63. The number of furan rings is 1. The van der Waals surface area contributed by atoms with Gasteiger partial charge in [-0.25, -0.2) is 4.68 Å². The Morgan fingerprint density at radius 2 is 2.12 bits per heavy atom. The molecule has 1 aliphatic rings. The van der Waals surface area contributed by atoms with Gasteiger partial charge in [-0.3, -0.25) is 0 Å². The van der Waals surface area contributed by atoms with Crippen molar-refractivity contribution in [3.63, 3.8) is 0 Å². The van der Waals surface area contributed by atoms with E-state index >= 15 is 0 Å². The molecule has 90 valence electrons. The molecule has 3 rings (SSSR count). The zero-order valence-electron chi connectivity index (χ0n) is 9.80. The average Bonchev–Trinajstić information content (AvgIpc) is 2.99. The van der Waals surface area contributed by atoms with Gasteiger partial charge in [-0.1, -0.05) is 19.3 Å². The molecule has 4 heteroatoms. The van der Waals surface area contributed by atoms with E-state index in [1.165, 1.54) is 32.1 Å². The minimum absolute atomic E-state index is 0.465. The predicted octanol–water partition coefficient (Wildman–Crippen LogP) is 3.23. The quantitative estimate of drug-likeness (QED) is 0.863. The van der Waals surface area contributed by atoms with E-state index in [-0.39, 0.29) is 0 Å². The monoisotopic (exact) mass is 231 g/mol. The number of anilines is 1. The molecule has 0 amide bonds. The van der Waals surface area contributed by atoms with Crippen molar-refractivity contribution in [3.05, 3.63) is 24.5 Å². The van der Waals surface area contributed by atoms with Gasteiger partial charge in [0.2, 0.25) is 0 Å². The molecule has 0 saturated heterocycles. The van der Waals surface area contributed by atoms with Crippen molar-refractivity contribution in [1.82, 2.24) is 9.78 Å². The predicted molar refractivity (Wildman–Crippen MR) is 66.5 cm³/mol. The van der Waals surface area contributed by atoms with Crippen LogP contribution in [0.5, 0.6) is 0 Å². The van der Waals surface area contributed by atoms with Gasteiger partial charge in [-0.05, 0) is 25.0 Å². The Morgan fingerprint density at radius 1 is 1.29 bits per heavy atom. The summed E-state index contributed by atoms with van der Waals surface area (Å²) in [4.78, 5) is 0. The van der Waals surface area contributed by atoms with Crippen LogP contribution in [0.25, 0.3) is 11.5 Å². The van der Waals surface area contributed by atoms with Crippen molar-refractivity contribution in [2.75, 3.05) is 5.73 Å². The first-order valence-electron chi connectivity index (χ1n) is 6.23. The maximum atomic E-state index is 6.04. The summed E-state index contributed by atoms with van der Waals surface area (Å²) in [5, 5.41) is 4.57. The van der Waals surface area contributed by atoms with Gasteiger partial charge < -0.3 is 10.2 Å². The summed E-state index contributed by atoms with van der Waals surface area (Å²) in [7, 11) is 0. The zero-order valence-corrected chi connectivity index (χ0v) is 9.80. The third-order valence-electron chi connectivity index (χ3n) is 3.46. The van der Waals surface area contributed by atoms with Crippen molar-refractivity contribution in [2.24, 2.45) is 0 Å². The second kappa shape index (κ2) is 4.28. The second-order valence-corrected chi connectivity index (χ2v) is 4.67. The summed E-state index contributed by atoms with van der Waals surface area (Å²) in [6.45, 7) is 0. The van der Waals surface area contributed by atoms with Gasteiger partial charge in [0.05, 0.1) is 12.3 Å². The van der Waals surface area contributed by atoms with Crippen LogP contribution in [-0.4, -0.2) is 9.78 Å². The first-order chi connectivity index (χ1) is 8.34. The molecule has 0 spiro atoms. The van der Waals surface area contributed by atoms with E-state index in [1.807, 2.05) is 22.9 Å². The van der Waals surface area contributed by atoms with E-state index in [1.54, 1.807) is 6.26 Å². The van der Waals surface area contributed by atoms with Crippen molar-refractivity contribution in [2.45, 2.75) is 38.1 Å². The summed E-state index contributed by atoms with van der Waals surface area (Å²) in [6.07, 6.45) is 7.92. The largest absolute Gasteiger partial charge is 0.463 e. The van der Waals surface area contributed by atoms with Gasteiger partial charge in [-0.2, -0.15) is 5.10 Å². The van der Waals surface area contributed by atoms with Crippen molar-refractivity contribution in [1.29, 1.82) is 0 Å². The highest BCUT2D eigenvalue weighted by Gasteiger charge is 2.19. The van der Waals surface area contributed by atoms with Gasteiger partial charge in [0.25, 0.3) is 0 Å². The average molecular weight is 231 g/mol. The van der Waals surface area contributed by atoms with Crippen molar-refractivity contribution in [3.8, 4) is 11.5 Å². The second-order valence-electron chi connectivity index (χ2n) is 4.67. The Balaban J connectivity index is 1.90. The fourth-order valence-corrected chi connectivity index (χ4v) is 2.57. The number of hydrogen-bond donors (Lipinski definition) is 1.